The molecular formula is C5H7N7. The van der Waals surface area contributed by atoms with E-state index in [1.807, 2.05) is 0 Å². The first-order chi connectivity index (χ1) is 5.75. The summed E-state index contributed by atoms with van der Waals surface area (Å²) in [6, 6.07) is 0. The summed E-state index contributed by atoms with van der Waals surface area (Å²) in [5.41, 5.74) is 5.33. The van der Waals surface area contributed by atoms with E-state index in [2.05, 4.69) is 30.4 Å². The van der Waals surface area contributed by atoms with Gasteiger partial charge in [0.2, 0.25) is 17.6 Å². The highest BCUT2D eigenvalue weighted by Gasteiger charge is 2.08. The second-order valence-corrected chi connectivity index (χ2v) is 2.29. The lowest BCUT2D eigenvalue weighted by molar-refractivity contribution is 1.03. The zero-order valence-corrected chi connectivity index (χ0v) is 6.37. The highest BCUT2D eigenvalue weighted by Crippen LogP contribution is 2.07. The van der Waals surface area contributed by atoms with Crippen LogP contribution in [0.15, 0.2) is 0 Å². The molecule has 2 aromatic heterocycles. The molecule has 0 aliphatic rings. The van der Waals surface area contributed by atoms with Crippen molar-refractivity contribution < 1.29 is 0 Å². The second-order valence-electron chi connectivity index (χ2n) is 2.29. The molecule has 4 N–H and O–H groups in total. The van der Waals surface area contributed by atoms with E-state index in [9.17, 15) is 0 Å². The monoisotopic (exact) mass is 165 g/mol. The van der Waals surface area contributed by atoms with Crippen LogP contribution in [0.1, 0.15) is 5.82 Å². The zero-order valence-electron chi connectivity index (χ0n) is 6.37. The van der Waals surface area contributed by atoms with Gasteiger partial charge in [-0.05, 0) is 6.92 Å². The molecule has 7 nitrogen and oxygen atoms in total. The third-order valence-electron chi connectivity index (χ3n) is 1.30. The van der Waals surface area contributed by atoms with Crippen LogP contribution >= 0.6 is 0 Å². The van der Waals surface area contributed by atoms with Gasteiger partial charge in [0.1, 0.15) is 5.82 Å². The molecule has 0 saturated carbocycles. The number of nitrogens with one attached hydrogen (secondary N) is 2. The van der Waals surface area contributed by atoms with Gasteiger partial charge >= 0.3 is 0 Å². The quantitative estimate of drug-likeness (QED) is 0.526. The van der Waals surface area contributed by atoms with Gasteiger partial charge in [-0.3, -0.25) is 5.10 Å². The van der Waals surface area contributed by atoms with E-state index in [1.165, 1.54) is 0 Å². The molecular weight excluding hydrogens is 158 g/mol. The summed E-state index contributed by atoms with van der Waals surface area (Å²) in [5, 5.41) is 12.8. The van der Waals surface area contributed by atoms with Gasteiger partial charge < -0.3 is 5.73 Å². The number of aromatic nitrogens is 6. The molecule has 0 bridgehead atoms. The number of aryl methyl sites for hydroxylation is 1. The van der Waals surface area contributed by atoms with Crippen molar-refractivity contribution in [2.45, 2.75) is 6.92 Å². The average molecular weight is 165 g/mol. The van der Waals surface area contributed by atoms with Crippen molar-refractivity contribution in [2.75, 3.05) is 5.73 Å². The Labute approximate surface area is 67.4 Å². The number of hydrogen-bond donors (Lipinski definition) is 3. The van der Waals surface area contributed by atoms with E-state index < -0.39 is 0 Å². The Bertz CT molecular complexity index is 348. The van der Waals surface area contributed by atoms with Gasteiger partial charge in [0.25, 0.3) is 0 Å². The van der Waals surface area contributed by atoms with Crippen molar-refractivity contribution in [1.29, 1.82) is 0 Å². The van der Waals surface area contributed by atoms with Gasteiger partial charge in [-0.15, -0.1) is 10.2 Å². The van der Waals surface area contributed by atoms with E-state index in [0.29, 0.717) is 17.5 Å². The molecule has 0 atom stereocenters. The number of nitrogens with two attached hydrogens (primary N) is 1. The predicted molar refractivity (Wildman–Crippen MR) is 40.9 cm³/mol. The summed E-state index contributed by atoms with van der Waals surface area (Å²) in [4.78, 5) is 7.89. The molecule has 0 spiro atoms. The molecule has 2 rings (SSSR count). The van der Waals surface area contributed by atoms with E-state index in [0.717, 1.165) is 0 Å². The number of nitrogens with zero attached hydrogens (tertiary/aromatic N) is 4. The minimum atomic E-state index is 0.257. The molecule has 0 aliphatic heterocycles. The number of H-pyrrole nitrogens is 2. The Kier molecular flexibility index (Phi) is 1.29. The summed E-state index contributed by atoms with van der Waals surface area (Å²) in [6.07, 6.45) is 0. The molecule has 0 radical (unpaired) electrons. The van der Waals surface area contributed by atoms with Crippen LogP contribution in [-0.2, 0) is 0 Å². The number of rotatable bonds is 1. The van der Waals surface area contributed by atoms with Crippen LogP contribution in [0.2, 0.25) is 0 Å². The number of nitrogen functional groups attached to an aromatic ring is 1. The molecule has 0 aliphatic carbocycles. The molecule has 62 valence electrons. The van der Waals surface area contributed by atoms with Crippen molar-refractivity contribution in [2.24, 2.45) is 0 Å². The first-order valence-corrected chi connectivity index (χ1v) is 3.33. The normalized spacial score (nSPS) is 10.4. The van der Waals surface area contributed by atoms with Crippen molar-refractivity contribution in [3.8, 4) is 11.6 Å². The van der Waals surface area contributed by atoms with Crippen molar-refractivity contribution in [3.63, 3.8) is 0 Å². The fourth-order valence-electron chi connectivity index (χ4n) is 0.817. The average Bonchev–Trinajstić information content (AvgIpc) is 2.58. The van der Waals surface area contributed by atoms with Crippen molar-refractivity contribution >= 4 is 5.95 Å². The maximum absolute atomic E-state index is 5.33. The standard InChI is InChI=1S/C5H7N7/c1-2-7-3(10-9-2)4-8-5(6)12-11-4/h1H3,(H,7,9,10)(H3,6,8,11,12). The van der Waals surface area contributed by atoms with Crippen molar-refractivity contribution in [1.82, 2.24) is 30.4 Å². The van der Waals surface area contributed by atoms with Crippen LogP contribution in [0, 0.1) is 6.92 Å². The van der Waals surface area contributed by atoms with Gasteiger partial charge in [-0.25, -0.2) is 10.1 Å². The molecule has 7 heteroatoms. The Balaban J connectivity index is 2.43. The fourth-order valence-corrected chi connectivity index (χ4v) is 0.817. The van der Waals surface area contributed by atoms with Gasteiger partial charge in [0, 0.05) is 0 Å². The summed E-state index contributed by atoms with van der Waals surface area (Å²) in [6.45, 7) is 1.80. The lowest BCUT2D eigenvalue weighted by Gasteiger charge is -1.79. The van der Waals surface area contributed by atoms with Crippen LogP contribution in [0.25, 0.3) is 11.6 Å². The summed E-state index contributed by atoms with van der Waals surface area (Å²) in [7, 11) is 0. The van der Waals surface area contributed by atoms with Gasteiger partial charge in [0.15, 0.2) is 0 Å². The van der Waals surface area contributed by atoms with E-state index >= 15 is 0 Å². The molecule has 2 aromatic rings. The van der Waals surface area contributed by atoms with E-state index in [-0.39, 0.29) is 5.95 Å². The summed E-state index contributed by atoms with van der Waals surface area (Å²) < 4.78 is 0. The third-order valence-corrected chi connectivity index (χ3v) is 1.30. The minimum absolute atomic E-state index is 0.257. The molecule has 2 heterocycles. The molecule has 12 heavy (non-hydrogen) atoms. The fraction of sp³-hybridized carbons (Fsp3) is 0.200. The lowest BCUT2D eigenvalue weighted by atomic mass is 10.6. The molecule has 0 amide bonds. The number of anilines is 1. The lowest BCUT2D eigenvalue weighted by Crippen LogP contribution is -1.86. The topological polar surface area (TPSA) is 109 Å². The Morgan fingerprint density at radius 2 is 1.75 bits per heavy atom. The zero-order chi connectivity index (χ0) is 8.55. The van der Waals surface area contributed by atoms with E-state index in [4.69, 9.17) is 5.73 Å². The van der Waals surface area contributed by atoms with E-state index in [1.54, 1.807) is 6.92 Å². The molecule has 0 aromatic carbocycles. The molecule has 0 fully saturated rings. The van der Waals surface area contributed by atoms with Crippen molar-refractivity contribution in [3.05, 3.63) is 5.82 Å². The first-order valence-electron chi connectivity index (χ1n) is 3.33. The van der Waals surface area contributed by atoms with Gasteiger partial charge in [-0.1, -0.05) is 0 Å². The number of hydrogen-bond acceptors (Lipinski definition) is 5. The predicted octanol–water partition coefficient (Wildman–Crippen LogP) is -0.520. The minimum Gasteiger partial charge on any atom is -0.368 e. The van der Waals surface area contributed by atoms with Gasteiger partial charge in [-0.2, -0.15) is 4.98 Å². The summed E-state index contributed by atoms with van der Waals surface area (Å²) >= 11 is 0. The maximum Gasteiger partial charge on any atom is 0.222 e. The number of aromatic amines is 2. The van der Waals surface area contributed by atoms with Crippen LogP contribution in [0.3, 0.4) is 0 Å². The Hall–Kier alpha value is -1.92. The largest absolute Gasteiger partial charge is 0.368 e. The highest BCUT2D eigenvalue weighted by molar-refractivity contribution is 5.43. The SMILES string of the molecule is Cc1nc(-c2n[nH]c(N)n2)n[nH]1. The third kappa shape index (κ3) is 1.00. The highest BCUT2D eigenvalue weighted by atomic mass is 15.3. The second kappa shape index (κ2) is 2.29. The van der Waals surface area contributed by atoms with Gasteiger partial charge in [0.05, 0.1) is 0 Å². The maximum atomic E-state index is 5.33. The van der Waals surface area contributed by atoms with Crippen LogP contribution < -0.4 is 5.73 Å². The van der Waals surface area contributed by atoms with Crippen LogP contribution in [0.4, 0.5) is 5.95 Å². The molecule has 0 saturated heterocycles. The van der Waals surface area contributed by atoms with Crippen LogP contribution in [-0.4, -0.2) is 30.4 Å². The Morgan fingerprint density at radius 3 is 2.25 bits per heavy atom. The smallest absolute Gasteiger partial charge is 0.222 e. The van der Waals surface area contributed by atoms with Crippen LogP contribution in [0.5, 0.6) is 0 Å². The Morgan fingerprint density at radius 1 is 1.08 bits per heavy atom. The summed E-state index contributed by atoms with van der Waals surface area (Å²) in [5.74, 6) is 1.82. The first kappa shape index (κ1) is 6.77. The molecule has 0 unspecified atom stereocenters.